The fourth-order valence-electron chi connectivity index (χ4n) is 3.24. The Hall–Kier alpha value is -0.450. The average Bonchev–Trinajstić information content (AvgIpc) is 3.02. The molecule has 0 amide bonds. The van der Waals surface area contributed by atoms with Crippen LogP contribution in [0.3, 0.4) is 0 Å². The highest BCUT2D eigenvalue weighted by molar-refractivity contribution is 7.09. The van der Waals surface area contributed by atoms with Crippen LogP contribution in [0, 0.1) is 5.92 Å². The second-order valence-corrected chi connectivity index (χ2v) is 6.47. The Morgan fingerprint density at radius 1 is 1.53 bits per heavy atom. The van der Waals surface area contributed by atoms with Crippen molar-refractivity contribution in [1.82, 2.24) is 14.8 Å². The molecule has 1 aromatic rings. The zero-order valence-corrected chi connectivity index (χ0v) is 11.3. The predicted octanol–water partition coefficient (Wildman–Crippen LogP) is 2.06. The molecule has 0 N–H and O–H groups in total. The van der Waals surface area contributed by atoms with Crippen molar-refractivity contribution >= 4 is 11.3 Å². The molecule has 4 heteroatoms. The van der Waals surface area contributed by atoms with Crippen LogP contribution in [0.1, 0.15) is 24.3 Å². The Morgan fingerprint density at radius 3 is 3.12 bits per heavy atom. The molecule has 3 nitrogen and oxygen atoms in total. The summed E-state index contributed by atoms with van der Waals surface area (Å²) in [5, 5.41) is 3.29. The lowest BCUT2D eigenvalue weighted by atomic mass is 10.1. The van der Waals surface area contributed by atoms with Crippen LogP contribution in [0.15, 0.2) is 11.6 Å². The van der Waals surface area contributed by atoms with Crippen molar-refractivity contribution in [3.8, 4) is 0 Å². The van der Waals surface area contributed by atoms with Crippen molar-refractivity contribution in [2.75, 3.05) is 26.7 Å². The highest BCUT2D eigenvalue weighted by atomic mass is 32.1. The molecule has 1 aliphatic heterocycles. The summed E-state index contributed by atoms with van der Waals surface area (Å²) in [6.45, 7) is 4.77. The fraction of sp³-hybridized carbons (Fsp3) is 0.769. The smallest absolute Gasteiger partial charge is 0.107 e. The van der Waals surface area contributed by atoms with Gasteiger partial charge in [-0.1, -0.05) is 0 Å². The van der Waals surface area contributed by atoms with Gasteiger partial charge in [-0.3, -0.25) is 9.80 Å². The van der Waals surface area contributed by atoms with Gasteiger partial charge in [0, 0.05) is 37.3 Å². The van der Waals surface area contributed by atoms with Crippen molar-refractivity contribution in [2.45, 2.75) is 31.8 Å². The van der Waals surface area contributed by atoms with Gasteiger partial charge in [0.25, 0.3) is 0 Å². The third-order valence-corrected chi connectivity index (χ3v) is 4.94. The summed E-state index contributed by atoms with van der Waals surface area (Å²) in [5.41, 5.74) is 0. The van der Waals surface area contributed by atoms with Gasteiger partial charge in [0.2, 0.25) is 0 Å². The van der Waals surface area contributed by atoms with E-state index in [1.807, 2.05) is 6.20 Å². The molecular formula is C13H21N3S. The lowest BCUT2D eigenvalue weighted by Gasteiger charge is -2.28. The summed E-state index contributed by atoms with van der Waals surface area (Å²) >= 11 is 1.76. The molecule has 1 saturated carbocycles. The van der Waals surface area contributed by atoms with Crippen LogP contribution in [0.5, 0.6) is 0 Å². The standard InChI is InChI=1S/C13H21N3S/c1-15(10-13-14-4-7-17-13)5-6-16-9-11-2-3-12(16)8-11/h4,7,11-12H,2-3,5-6,8-10H2,1H3/t11-,12+/m1/s1. The van der Waals surface area contributed by atoms with Crippen LogP contribution in [0.2, 0.25) is 0 Å². The zero-order valence-electron chi connectivity index (χ0n) is 10.5. The van der Waals surface area contributed by atoms with Crippen LogP contribution in [0.4, 0.5) is 0 Å². The van der Waals surface area contributed by atoms with E-state index in [-0.39, 0.29) is 0 Å². The molecule has 0 aromatic carbocycles. The van der Waals surface area contributed by atoms with E-state index in [0.29, 0.717) is 0 Å². The maximum atomic E-state index is 4.34. The number of nitrogens with zero attached hydrogens (tertiary/aromatic N) is 3. The van der Waals surface area contributed by atoms with E-state index in [1.54, 1.807) is 11.3 Å². The summed E-state index contributed by atoms with van der Waals surface area (Å²) in [7, 11) is 2.20. The van der Waals surface area contributed by atoms with Gasteiger partial charge in [-0.2, -0.15) is 0 Å². The number of rotatable bonds is 5. The minimum absolute atomic E-state index is 0.910. The Balaban J connectivity index is 1.42. The van der Waals surface area contributed by atoms with E-state index >= 15 is 0 Å². The molecule has 94 valence electrons. The molecule has 2 bridgehead atoms. The fourth-order valence-corrected chi connectivity index (χ4v) is 3.94. The number of aromatic nitrogens is 1. The quantitative estimate of drug-likeness (QED) is 0.798. The van der Waals surface area contributed by atoms with Gasteiger partial charge in [-0.05, 0) is 32.2 Å². The monoisotopic (exact) mass is 251 g/mol. The lowest BCUT2D eigenvalue weighted by molar-refractivity contribution is 0.182. The van der Waals surface area contributed by atoms with Crippen LogP contribution in [-0.2, 0) is 6.54 Å². The number of hydrogen-bond donors (Lipinski definition) is 0. The number of fused-ring (bicyclic) bond motifs is 2. The largest absolute Gasteiger partial charge is 0.299 e. The normalized spacial score (nSPS) is 28.4. The van der Waals surface area contributed by atoms with Crippen molar-refractivity contribution in [2.24, 2.45) is 5.92 Å². The van der Waals surface area contributed by atoms with Gasteiger partial charge in [0.15, 0.2) is 0 Å². The summed E-state index contributed by atoms with van der Waals surface area (Å²) in [4.78, 5) is 9.43. The summed E-state index contributed by atoms with van der Waals surface area (Å²) in [6, 6.07) is 0.910. The molecule has 1 saturated heterocycles. The topological polar surface area (TPSA) is 19.4 Å². The second kappa shape index (κ2) is 5.04. The van der Waals surface area contributed by atoms with Crippen molar-refractivity contribution in [1.29, 1.82) is 0 Å². The Labute approximate surface area is 107 Å². The molecule has 0 radical (unpaired) electrons. The SMILES string of the molecule is CN(CCN1C[C@@H]2CC[C@H]1C2)Cc1nccs1. The summed E-state index contributed by atoms with van der Waals surface area (Å²) < 4.78 is 0. The molecule has 2 aliphatic rings. The van der Waals surface area contributed by atoms with E-state index in [4.69, 9.17) is 0 Å². The maximum absolute atomic E-state index is 4.34. The van der Waals surface area contributed by atoms with Crippen LogP contribution >= 0.6 is 11.3 Å². The highest BCUT2D eigenvalue weighted by Crippen LogP contribution is 2.36. The molecule has 2 fully saturated rings. The summed E-state index contributed by atoms with van der Waals surface area (Å²) in [5.74, 6) is 1.02. The number of thiazole rings is 1. The lowest BCUT2D eigenvalue weighted by Crippen LogP contribution is -2.37. The minimum Gasteiger partial charge on any atom is -0.299 e. The van der Waals surface area contributed by atoms with E-state index < -0.39 is 0 Å². The van der Waals surface area contributed by atoms with Crippen LogP contribution in [0.25, 0.3) is 0 Å². The predicted molar refractivity (Wildman–Crippen MR) is 71.2 cm³/mol. The molecule has 17 heavy (non-hydrogen) atoms. The van der Waals surface area contributed by atoms with Gasteiger partial charge in [0.1, 0.15) is 5.01 Å². The maximum Gasteiger partial charge on any atom is 0.107 e. The molecule has 0 unspecified atom stereocenters. The molecule has 3 rings (SSSR count). The minimum atomic E-state index is 0.910. The molecule has 2 atom stereocenters. The third kappa shape index (κ3) is 2.69. The molecule has 0 spiro atoms. The number of likely N-dealkylation sites (tertiary alicyclic amines) is 1. The molecule has 2 heterocycles. The Morgan fingerprint density at radius 2 is 2.47 bits per heavy atom. The van der Waals surface area contributed by atoms with E-state index in [9.17, 15) is 0 Å². The van der Waals surface area contributed by atoms with E-state index in [2.05, 4.69) is 27.2 Å². The average molecular weight is 251 g/mol. The number of likely N-dealkylation sites (N-methyl/N-ethyl adjacent to an activating group) is 1. The van der Waals surface area contributed by atoms with Crippen molar-refractivity contribution < 1.29 is 0 Å². The Kier molecular flexibility index (Phi) is 3.45. The van der Waals surface area contributed by atoms with Crippen LogP contribution < -0.4 is 0 Å². The molecule has 1 aliphatic carbocycles. The first-order chi connectivity index (χ1) is 8.31. The zero-order chi connectivity index (χ0) is 11.7. The second-order valence-electron chi connectivity index (χ2n) is 5.49. The number of piperidine rings is 1. The van der Waals surface area contributed by atoms with Crippen LogP contribution in [-0.4, -0.2) is 47.5 Å². The van der Waals surface area contributed by atoms with Gasteiger partial charge in [-0.25, -0.2) is 4.98 Å². The third-order valence-electron chi connectivity index (χ3n) is 4.18. The number of hydrogen-bond acceptors (Lipinski definition) is 4. The Bertz CT molecular complexity index is 352. The summed E-state index contributed by atoms with van der Waals surface area (Å²) in [6.07, 6.45) is 6.29. The van der Waals surface area contributed by atoms with Gasteiger partial charge < -0.3 is 0 Å². The van der Waals surface area contributed by atoms with Gasteiger partial charge in [0.05, 0.1) is 6.54 Å². The van der Waals surface area contributed by atoms with Crippen molar-refractivity contribution in [3.05, 3.63) is 16.6 Å². The van der Waals surface area contributed by atoms with Crippen molar-refractivity contribution in [3.63, 3.8) is 0 Å². The van der Waals surface area contributed by atoms with E-state index in [1.165, 1.54) is 43.9 Å². The molecular weight excluding hydrogens is 230 g/mol. The van der Waals surface area contributed by atoms with E-state index in [0.717, 1.165) is 18.5 Å². The molecule has 1 aromatic heterocycles. The van der Waals surface area contributed by atoms with Gasteiger partial charge >= 0.3 is 0 Å². The van der Waals surface area contributed by atoms with Gasteiger partial charge in [-0.15, -0.1) is 11.3 Å². The first-order valence-corrected chi connectivity index (χ1v) is 7.50. The highest BCUT2D eigenvalue weighted by Gasteiger charge is 2.37. The first kappa shape index (κ1) is 11.6. The first-order valence-electron chi connectivity index (χ1n) is 6.62.